The molecule has 9 heteroatoms. The van der Waals surface area contributed by atoms with Gasteiger partial charge in [0, 0.05) is 57.9 Å². The van der Waals surface area contributed by atoms with Crippen molar-refractivity contribution in [2.75, 3.05) is 45.8 Å². The normalized spacial score (nSPS) is 18.0. The van der Waals surface area contributed by atoms with Crippen LogP contribution in [-0.4, -0.2) is 88.1 Å². The molecule has 30 heavy (non-hydrogen) atoms. The Morgan fingerprint density at radius 3 is 2.80 bits per heavy atom. The summed E-state index contributed by atoms with van der Waals surface area (Å²) in [5.74, 6) is 2.10. The van der Waals surface area contributed by atoms with Crippen molar-refractivity contribution < 1.29 is 4.79 Å². The van der Waals surface area contributed by atoms with Crippen LogP contribution in [0.15, 0.2) is 29.4 Å². The molecule has 9 nitrogen and oxygen atoms in total. The Morgan fingerprint density at radius 1 is 1.20 bits per heavy atom. The van der Waals surface area contributed by atoms with Crippen LogP contribution in [0.25, 0.3) is 5.65 Å². The highest BCUT2D eigenvalue weighted by Gasteiger charge is 2.25. The molecule has 0 unspecified atom stereocenters. The molecule has 0 atom stereocenters. The summed E-state index contributed by atoms with van der Waals surface area (Å²) in [6.07, 6.45) is 6.04. The number of fused-ring (bicyclic) bond motifs is 1. The number of hydrogen-bond acceptors (Lipinski definition) is 5. The summed E-state index contributed by atoms with van der Waals surface area (Å²) in [7, 11) is 0. The van der Waals surface area contributed by atoms with Crippen LogP contribution in [0.5, 0.6) is 0 Å². The number of aromatic nitrogens is 3. The molecule has 1 aliphatic carbocycles. The third-order valence-corrected chi connectivity index (χ3v) is 5.52. The lowest BCUT2D eigenvalue weighted by Gasteiger charge is -2.36. The van der Waals surface area contributed by atoms with E-state index in [1.54, 1.807) is 0 Å². The highest BCUT2D eigenvalue weighted by atomic mass is 16.2. The van der Waals surface area contributed by atoms with E-state index in [1.807, 2.05) is 28.8 Å². The second kappa shape index (κ2) is 9.88. The molecular formula is C21H32N8O. The first-order valence-corrected chi connectivity index (χ1v) is 11.1. The van der Waals surface area contributed by atoms with E-state index in [0.717, 1.165) is 82.4 Å². The van der Waals surface area contributed by atoms with Gasteiger partial charge in [-0.05, 0) is 38.3 Å². The fourth-order valence-corrected chi connectivity index (χ4v) is 3.73. The van der Waals surface area contributed by atoms with E-state index in [2.05, 4.69) is 37.6 Å². The molecule has 2 N–H and O–H groups in total. The molecule has 3 heterocycles. The largest absolute Gasteiger partial charge is 0.357 e. The zero-order chi connectivity index (χ0) is 20.8. The van der Waals surface area contributed by atoms with E-state index in [9.17, 15) is 4.79 Å². The third kappa shape index (κ3) is 5.47. The van der Waals surface area contributed by atoms with E-state index in [-0.39, 0.29) is 5.91 Å². The summed E-state index contributed by atoms with van der Waals surface area (Å²) >= 11 is 0. The maximum atomic E-state index is 12.0. The number of rotatable bonds is 8. The van der Waals surface area contributed by atoms with Crippen molar-refractivity contribution in [3.8, 4) is 0 Å². The molecule has 1 amide bonds. The third-order valence-electron chi connectivity index (χ3n) is 5.52. The van der Waals surface area contributed by atoms with Gasteiger partial charge in [0.1, 0.15) is 5.82 Å². The van der Waals surface area contributed by atoms with Crippen molar-refractivity contribution in [2.45, 2.75) is 38.6 Å². The topological polar surface area (TPSA) is 90.2 Å². The van der Waals surface area contributed by atoms with Gasteiger partial charge in [0.05, 0.1) is 6.54 Å². The number of amides is 1. The van der Waals surface area contributed by atoms with Gasteiger partial charge in [0.2, 0.25) is 5.91 Å². The minimum absolute atomic E-state index is 0.160. The molecule has 0 aromatic carbocycles. The first kappa shape index (κ1) is 20.6. The van der Waals surface area contributed by atoms with Crippen LogP contribution in [0.3, 0.4) is 0 Å². The second-order valence-corrected chi connectivity index (χ2v) is 7.99. The number of carbonyl (C=O) groups excluding carboxylic acids is 1. The van der Waals surface area contributed by atoms with Crippen LogP contribution in [-0.2, 0) is 11.2 Å². The second-order valence-electron chi connectivity index (χ2n) is 7.99. The zero-order valence-electron chi connectivity index (χ0n) is 17.8. The van der Waals surface area contributed by atoms with Crippen LogP contribution >= 0.6 is 0 Å². The number of aliphatic imine (C=N–C) groups is 1. The standard InChI is InChI=1S/C21H32N8O/c1-2-22-21(23-10-5-7-19-26-25-18-6-3-4-11-29(18)19)28-14-12-27(13-15-28)16-20(30)24-17-8-9-17/h3-4,6,11,17H,2,5,7-10,12-16H2,1H3,(H,22,23)(H,24,30). The van der Waals surface area contributed by atoms with Gasteiger partial charge in [-0.15, -0.1) is 10.2 Å². The van der Waals surface area contributed by atoms with Crippen LogP contribution in [0.1, 0.15) is 32.0 Å². The van der Waals surface area contributed by atoms with Crippen molar-refractivity contribution in [3.05, 3.63) is 30.2 Å². The van der Waals surface area contributed by atoms with E-state index in [1.165, 1.54) is 0 Å². The Kier molecular flexibility index (Phi) is 6.78. The van der Waals surface area contributed by atoms with E-state index in [4.69, 9.17) is 4.99 Å². The van der Waals surface area contributed by atoms with Gasteiger partial charge in [-0.2, -0.15) is 0 Å². The molecule has 4 rings (SSSR count). The van der Waals surface area contributed by atoms with Crippen molar-refractivity contribution in [1.29, 1.82) is 0 Å². The number of guanidine groups is 1. The fourth-order valence-electron chi connectivity index (χ4n) is 3.73. The number of nitrogens with one attached hydrogen (secondary N) is 2. The summed E-state index contributed by atoms with van der Waals surface area (Å²) in [5, 5.41) is 15.0. The van der Waals surface area contributed by atoms with Crippen molar-refractivity contribution in [2.24, 2.45) is 4.99 Å². The first-order chi connectivity index (χ1) is 14.7. The summed E-state index contributed by atoms with van der Waals surface area (Å²) in [4.78, 5) is 21.4. The van der Waals surface area contributed by atoms with Gasteiger partial charge in [0.25, 0.3) is 0 Å². The van der Waals surface area contributed by atoms with Gasteiger partial charge in [0.15, 0.2) is 11.6 Å². The number of nitrogens with zero attached hydrogens (tertiary/aromatic N) is 6. The maximum Gasteiger partial charge on any atom is 0.234 e. The Hall–Kier alpha value is -2.68. The molecule has 162 valence electrons. The van der Waals surface area contributed by atoms with Gasteiger partial charge in [-0.25, -0.2) is 0 Å². The monoisotopic (exact) mass is 412 g/mol. The minimum Gasteiger partial charge on any atom is -0.357 e. The zero-order valence-corrected chi connectivity index (χ0v) is 17.8. The minimum atomic E-state index is 0.160. The van der Waals surface area contributed by atoms with Gasteiger partial charge in [-0.1, -0.05) is 6.07 Å². The Morgan fingerprint density at radius 2 is 2.03 bits per heavy atom. The predicted octanol–water partition coefficient (Wildman–Crippen LogP) is 0.524. The fraction of sp³-hybridized carbons (Fsp3) is 0.619. The van der Waals surface area contributed by atoms with Gasteiger partial charge in [-0.3, -0.25) is 19.1 Å². The predicted molar refractivity (Wildman–Crippen MR) is 116 cm³/mol. The molecule has 0 radical (unpaired) electrons. The summed E-state index contributed by atoms with van der Waals surface area (Å²) in [6, 6.07) is 6.37. The van der Waals surface area contributed by atoms with Crippen molar-refractivity contribution >= 4 is 17.5 Å². The number of piperazine rings is 1. The van der Waals surface area contributed by atoms with Crippen molar-refractivity contribution in [1.82, 2.24) is 35.0 Å². The van der Waals surface area contributed by atoms with Crippen LogP contribution in [0.2, 0.25) is 0 Å². The van der Waals surface area contributed by atoms with E-state index < -0.39 is 0 Å². The molecule has 2 fully saturated rings. The van der Waals surface area contributed by atoms with Crippen LogP contribution in [0, 0.1) is 0 Å². The van der Waals surface area contributed by atoms with E-state index >= 15 is 0 Å². The highest BCUT2D eigenvalue weighted by Crippen LogP contribution is 2.18. The average Bonchev–Trinajstić information content (AvgIpc) is 3.48. The van der Waals surface area contributed by atoms with Gasteiger partial charge < -0.3 is 15.5 Å². The number of aryl methyl sites for hydroxylation is 1. The molecule has 0 spiro atoms. The SMILES string of the molecule is CCNC(=NCCCc1nnc2ccccn12)N1CCN(CC(=O)NC2CC2)CC1. The first-order valence-electron chi connectivity index (χ1n) is 11.1. The lowest BCUT2D eigenvalue weighted by atomic mass is 10.3. The average molecular weight is 413 g/mol. The van der Waals surface area contributed by atoms with E-state index in [0.29, 0.717) is 12.6 Å². The van der Waals surface area contributed by atoms with Crippen LogP contribution in [0.4, 0.5) is 0 Å². The lowest BCUT2D eigenvalue weighted by molar-refractivity contribution is -0.122. The molecular weight excluding hydrogens is 380 g/mol. The molecule has 2 aliphatic rings. The molecule has 1 aliphatic heterocycles. The Balaban J connectivity index is 1.24. The molecule has 1 saturated carbocycles. The maximum absolute atomic E-state index is 12.0. The van der Waals surface area contributed by atoms with Gasteiger partial charge >= 0.3 is 0 Å². The lowest BCUT2D eigenvalue weighted by Crippen LogP contribution is -2.54. The Bertz CT molecular complexity index is 867. The van der Waals surface area contributed by atoms with Crippen molar-refractivity contribution in [3.63, 3.8) is 0 Å². The number of hydrogen-bond donors (Lipinski definition) is 2. The number of pyridine rings is 1. The number of carbonyl (C=O) groups is 1. The Labute approximate surface area is 177 Å². The molecule has 2 aromatic heterocycles. The summed E-state index contributed by atoms with van der Waals surface area (Å²) < 4.78 is 2.04. The highest BCUT2D eigenvalue weighted by molar-refractivity contribution is 5.80. The molecule has 2 aromatic rings. The smallest absolute Gasteiger partial charge is 0.234 e. The summed E-state index contributed by atoms with van der Waals surface area (Å²) in [5.41, 5.74) is 0.882. The quantitative estimate of drug-likeness (QED) is 0.373. The summed E-state index contributed by atoms with van der Waals surface area (Å²) in [6.45, 7) is 7.73. The molecule has 0 bridgehead atoms. The van der Waals surface area contributed by atoms with Crippen LogP contribution < -0.4 is 10.6 Å². The molecule has 1 saturated heterocycles.